The Hall–Kier alpha value is -0.380. The molecule has 2 atom stereocenters. The van der Waals surface area contributed by atoms with Crippen molar-refractivity contribution >= 4 is 11.3 Å². The van der Waals surface area contributed by atoms with Gasteiger partial charge in [0.25, 0.3) is 0 Å². The van der Waals surface area contributed by atoms with Gasteiger partial charge in [-0.3, -0.25) is 4.90 Å². The zero-order chi connectivity index (χ0) is 12.4. The normalized spacial score (nSPS) is 27.4. The van der Waals surface area contributed by atoms with Crippen LogP contribution in [0.4, 0.5) is 0 Å². The summed E-state index contributed by atoms with van der Waals surface area (Å²) in [6.07, 6.45) is 3.71. The first-order chi connectivity index (χ1) is 8.11. The van der Waals surface area contributed by atoms with Crippen LogP contribution in [-0.4, -0.2) is 23.5 Å². The lowest BCUT2D eigenvalue weighted by atomic mass is 9.99. The fourth-order valence-electron chi connectivity index (χ4n) is 2.83. The maximum atomic E-state index is 6.43. The molecule has 3 heteroatoms. The van der Waals surface area contributed by atoms with Crippen LogP contribution in [0.2, 0.25) is 0 Å². The van der Waals surface area contributed by atoms with Crippen LogP contribution in [0.15, 0.2) is 11.4 Å². The van der Waals surface area contributed by atoms with E-state index in [-0.39, 0.29) is 6.04 Å². The van der Waals surface area contributed by atoms with Gasteiger partial charge >= 0.3 is 0 Å². The number of nitrogens with two attached hydrogens (primary N) is 1. The summed E-state index contributed by atoms with van der Waals surface area (Å²) in [6, 6.07) is 3.51. The van der Waals surface area contributed by atoms with E-state index in [9.17, 15) is 0 Å². The fourth-order valence-corrected chi connectivity index (χ4v) is 3.95. The molecule has 0 aromatic carbocycles. The highest BCUT2D eigenvalue weighted by molar-refractivity contribution is 7.10. The molecule has 2 rings (SSSR count). The molecular formula is C14H24N2S. The predicted molar refractivity (Wildman–Crippen MR) is 75.5 cm³/mol. The van der Waals surface area contributed by atoms with Crippen LogP contribution in [0.25, 0.3) is 0 Å². The average Bonchev–Trinajstić information content (AvgIpc) is 2.58. The standard InChI is InChI=1S/C14H24N2S/c1-10(2)16-8-5-4-6-12(15)13(16)14-11(3)7-9-17-14/h7,9-10,12-13H,4-6,8,15H2,1-3H3. The maximum absolute atomic E-state index is 6.43. The summed E-state index contributed by atoms with van der Waals surface area (Å²) in [5.41, 5.74) is 7.84. The van der Waals surface area contributed by atoms with Crippen LogP contribution >= 0.6 is 11.3 Å². The molecule has 1 aliphatic rings. The van der Waals surface area contributed by atoms with Gasteiger partial charge in [0.2, 0.25) is 0 Å². The molecule has 2 unspecified atom stereocenters. The Labute approximate surface area is 109 Å². The van der Waals surface area contributed by atoms with E-state index in [1.165, 1.54) is 29.8 Å². The number of nitrogens with zero attached hydrogens (tertiary/aromatic N) is 1. The van der Waals surface area contributed by atoms with Crippen molar-refractivity contribution in [2.24, 2.45) is 5.73 Å². The molecule has 1 fully saturated rings. The first-order valence-electron chi connectivity index (χ1n) is 6.66. The zero-order valence-corrected chi connectivity index (χ0v) is 12.0. The van der Waals surface area contributed by atoms with Gasteiger partial charge in [-0.2, -0.15) is 0 Å². The molecular weight excluding hydrogens is 228 g/mol. The van der Waals surface area contributed by atoms with Gasteiger partial charge in [-0.15, -0.1) is 11.3 Å². The molecule has 0 saturated carbocycles. The predicted octanol–water partition coefficient (Wildman–Crippen LogP) is 3.32. The molecule has 1 aliphatic heterocycles. The van der Waals surface area contributed by atoms with Gasteiger partial charge in [-0.1, -0.05) is 6.42 Å². The Morgan fingerprint density at radius 2 is 2.18 bits per heavy atom. The van der Waals surface area contributed by atoms with E-state index in [4.69, 9.17) is 5.73 Å². The summed E-state index contributed by atoms with van der Waals surface area (Å²) in [4.78, 5) is 4.07. The molecule has 1 aromatic rings. The number of hydrogen-bond donors (Lipinski definition) is 1. The largest absolute Gasteiger partial charge is 0.326 e. The average molecular weight is 252 g/mol. The number of likely N-dealkylation sites (tertiary alicyclic amines) is 1. The third-order valence-electron chi connectivity index (χ3n) is 3.80. The first-order valence-corrected chi connectivity index (χ1v) is 7.54. The Balaban J connectivity index is 2.33. The maximum Gasteiger partial charge on any atom is 0.0598 e. The Morgan fingerprint density at radius 1 is 1.41 bits per heavy atom. The Kier molecular flexibility index (Phi) is 4.23. The molecule has 2 N–H and O–H groups in total. The van der Waals surface area contributed by atoms with Crippen LogP contribution in [0.3, 0.4) is 0 Å². The smallest absolute Gasteiger partial charge is 0.0598 e. The zero-order valence-electron chi connectivity index (χ0n) is 11.1. The second kappa shape index (κ2) is 5.51. The van der Waals surface area contributed by atoms with Crippen molar-refractivity contribution in [1.29, 1.82) is 0 Å². The molecule has 0 aliphatic carbocycles. The minimum absolute atomic E-state index is 0.289. The number of rotatable bonds is 2. The highest BCUT2D eigenvalue weighted by Crippen LogP contribution is 2.35. The van der Waals surface area contributed by atoms with Crippen LogP contribution in [0.1, 0.15) is 49.6 Å². The molecule has 2 nitrogen and oxygen atoms in total. The molecule has 0 spiro atoms. The van der Waals surface area contributed by atoms with Crippen LogP contribution < -0.4 is 5.73 Å². The van der Waals surface area contributed by atoms with Crippen molar-refractivity contribution in [1.82, 2.24) is 4.90 Å². The monoisotopic (exact) mass is 252 g/mol. The highest BCUT2D eigenvalue weighted by Gasteiger charge is 2.31. The number of aryl methyl sites for hydroxylation is 1. The third kappa shape index (κ3) is 2.72. The van der Waals surface area contributed by atoms with Gasteiger partial charge in [-0.05, 0) is 57.2 Å². The van der Waals surface area contributed by atoms with E-state index in [0.717, 1.165) is 6.42 Å². The lowest BCUT2D eigenvalue weighted by molar-refractivity contribution is 0.146. The summed E-state index contributed by atoms with van der Waals surface area (Å²) < 4.78 is 0. The topological polar surface area (TPSA) is 29.3 Å². The minimum Gasteiger partial charge on any atom is -0.326 e. The Bertz CT molecular complexity index is 359. The van der Waals surface area contributed by atoms with Crippen molar-refractivity contribution in [3.05, 3.63) is 21.9 Å². The Morgan fingerprint density at radius 3 is 2.76 bits per heavy atom. The molecule has 0 radical (unpaired) electrons. The van der Waals surface area contributed by atoms with Crippen molar-refractivity contribution in [3.63, 3.8) is 0 Å². The van der Waals surface area contributed by atoms with E-state index >= 15 is 0 Å². The molecule has 0 bridgehead atoms. The third-order valence-corrected chi connectivity index (χ3v) is 4.89. The second-order valence-corrected chi connectivity index (χ2v) is 6.35. The van der Waals surface area contributed by atoms with Crippen molar-refractivity contribution in [2.45, 2.75) is 58.2 Å². The molecule has 2 heterocycles. The van der Waals surface area contributed by atoms with Gasteiger partial charge in [0.15, 0.2) is 0 Å². The van der Waals surface area contributed by atoms with Crippen molar-refractivity contribution in [2.75, 3.05) is 6.54 Å². The summed E-state index contributed by atoms with van der Waals surface area (Å²) in [5, 5.41) is 2.20. The van der Waals surface area contributed by atoms with Crippen LogP contribution in [0, 0.1) is 6.92 Å². The summed E-state index contributed by atoms with van der Waals surface area (Å²) >= 11 is 1.87. The summed E-state index contributed by atoms with van der Waals surface area (Å²) in [5.74, 6) is 0. The fraction of sp³-hybridized carbons (Fsp3) is 0.714. The van der Waals surface area contributed by atoms with Crippen molar-refractivity contribution < 1.29 is 0 Å². The number of hydrogen-bond acceptors (Lipinski definition) is 3. The summed E-state index contributed by atoms with van der Waals surface area (Å²) in [7, 11) is 0. The molecule has 17 heavy (non-hydrogen) atoms. The highest BCUT2D eigenvalue weighted by atomic mass is 32.1. The van der Waals surface area contributed by atoms with E-state index < -0.39 is 0 Å². The molecule has 0 amide bonds. The lowest BCUT2D eigenvalue weighted by Gasteiger charge is -2.36. The summed E-state index contributed by atoms with van der Waals surface area (Å²) in [6.45, 7) is 7.97. The quantitative estimate of drug-likeness (QED) is 0.875. The van der Waals surface area contributed by atoms with Gasteiger partial charge < -0.3 is 5.73 Å². The molecule has 1 aromatic heterocycles. The van der Waals surface area contributed by atoms with Crippen LogP contribution in [0.5, 0.6) is 0 Å². The molecule has 1 saturated heterocycles. The lowest BCUT2D eigenvalue weighted by Crippen LogP contribution is -2.43. The number of thiophene rings is 1. The van der Waals surface area contributed by atoms with Gasteiger partial charge in [0, 0.05) is 17.0 Å². The first kappa shape index (κ1) is 13.1. The minimum atomic E-state index is 0.289. The molecule has 96 valence electrons. The van der Waals surface area contributed by atoms with Gasteiger partial charge in [-0.25, -0.2) is 0 Å². The van der Waals surface area contributed by atoms with E-state index in [2.05, 4.69) is 37.1 Å². The SMILES string of the molecule is Cc1ccsc1C1C(N)CCCCN1C(C)C. The van der Waals surface area contributed by atoms with E-state index in [1.807, 2.05) is 11.3 Å². The second-order valence-electron chi connectivity index (χ2n) is 5.40. The van der Waals surface area contributed by atoms with E-state index in [0.29, 0.717) is 12.1 Å². The van der Waals surface area contributed by atoms with Crippen LogP contribution in [-0.2, 0) is 0 Å². The van der Waals surface area contributed by atoms with Gasteiger partial charge in [0.1, 0.15) is 0 Å². The van der Waals surface area contributed by atoms with E-state index in [1.54, 1.807) is 0 Å². The van der Waals surface area contributed by atoms with Gasteiger partial charge in [0.05, 0.1) is 6.04 Å². The van der Waals surface area contributed by atoms with Crippen molar-refractivity contribution in [3.8, 4) is 0 Å².